The van der Waals surface area contributed by atoms with Crippen LogP contribution in [0.5, 0.6) is 0 Å². The van der Waals surface area contributed by atoms with E-state index in [0.717, 1.165) is 0 Å². The minimum absolute atomic E-state index is 0.133. The average Bonchev–Trinajstić information content (AvgIpc) is 2.32. The molecule has 0 aliphatic carbocycles. The highest BCUT2D eigenvalue weighted by molar-refractivity contribution is 6.60. The molecule has 1 aromatic carbocycles. The van der Waals surface area contributed by atoms with E-state index in [1.165, 1.54) is 30.5 Å². The van der Waals surface area contributed by atoms with Gasteiger partial charge in [-0.25, -0.2) is 4.39 Å². The van der Waals surface area contributed by atoms with Crippen molar-refractivity contribution in [1.29, 1.82) is 0 Å². The van der Waals surface area contributed by atoms with E-state index in [0.29, 0.717) is 5.02 Å². The second-order valence-electron chi connectivity index (χ2n) is 3.44. The summed E-state index contributed by atoms with van der Waals surface area (Å²) < 4.78 is 13.6. The van der Waals surface area contributed by atoms with Gasteiger partial charge in [-0.1, -0.05) is 17.7 Å². The van der Waals surface area contributed by atoms with Crippen LogP contribution in [0.25, 0.3) is 11.3 Å². The van der Waals surface area contributed by atoms with Gasteiger partial charge in [0.1, 0.15) is 5.82 Å². The fraction of sp³-hybridized carbons (Fsp3) is 0. The minimum atomic E-state index is -1.71. The third-order valence-corrected chi connectivity index (χ3v) is 2.54. The van der Waals surface area contributed by atoms with Crippen LogP contribution in [0.2, 0.25) is 5.02 Å². The van der Waals surface area contributed by atoms with Crippen LogP contribution >= 0.6 is 11.6 Å². The Balaban J connectivity index is 2.64. The van der Waals surface area contributed by atoms with E-state index in [4.69, 9.17) is 11.6 Å². The molecule has 0 unspecified atom stereocenters. The maximum absolute atomic E-state index is 13.6. The van der Waals surface area contributed by atoms with Crippen LogP contribution < -0.4 is 5.46 Å². The lowest BCUT2D eigenvalue weighted by Crippen LogP contribution is -2.32. The highest BCUT2D eigenvalue weighted by Gasteiger charge is 2.19. The van der Waals surface area contributed by atoms with E-state index in [1.54, 1.807) is 6.07 Å². The molecule has 0 fully saturated rings. The van der Waals surface area contributed by atoms with Crippen LogP contribution in [-0.2, 0) is 0 Å². The summed E-state index contributed by atoms with van der Waals surface area (Å²) in [4.78, 5) is 3.95. The summed E-state index contributed by atoms with van der Waals surface area (Å²) in [7, 11) is -1.71. The molecule has 0 amide bonds. The lowest BCUT2D eigenvalue weighted by atomic mass is 9.77. The van der Waals surface area contributed by atoms with Gasteiger partial charge in [-0.05, 0) is 24.3 Å². The molecule has 0 aliphatic heterocycles. The van der Waals surface area contributed by atoms with Crippen molar-refractivity contribution >= 4 is 24.2 Å². The van der Waals surface area contributed by atoms with E-state index >= 15 is 0 Å². The number of hydrogen-bond acceptors (Lipinski definition) is 3. The van der Waals surface area contributed by atoms with Gasteiger partial charge in [0.05, 0.1) is 5.69 Å². The molecule has 2 aromatic rings. The van der Waals surface area contributed by atoms with Crippen molar-refractivity contribution in [3.8, 4) is 11.3 Å². The Morgan fingerprint density at radius 2 is 2.00 bits per heavy atom. The highest BCUT2D eigenvalue weighted by atomic mass is 35.5. The summed E-state index contributed by atoms with van der Waals surface area (Å²) >= 11 is 5.78. The Hall–Kier alpha value is -1.43. The monoisotopic (exact) mass is 251 g/mol. The standard InChI is InChI=1S/C11H8BClFNO2/c13-7-3-4-10(14)8(6-7)11-9(12(16)17)2-1-5-15-11/h1-6,16-17H. The summed E-state index contributed by atoms with van der Waals surface area (Å²) in [5, 5.41) is 18.7. The van der Waals surface area contributed by atoms with Crippen molar-refractivity contribution in [1.82, 2.24) is 4.98 Å². The van der Waals surface area contributed by atoms with E-state index in [1.807, 2.05) is 0 Å². The number of hydrogen-bond donors (Lipinski definition) is 2. The third kappa shape index (κ3) is 2.47. The number of halogens is 2. The predicted octanol–water partition coefficient (Wildman–Crippen LogP) is 1.22. The average molecular weight is 251 g/mol. The van der Waals surface area contributed by atoms with Gasteiger partial charge in [0.2, 0.25) is 0 Å². The van der Waals surface area contributed by atoms with Gasteiger partial charge in [0, 0.05) is 22.2 Å². The maximum atomic E-state index is 13.6. The lowest BCUT2D eigenvalue weighted by molar-refractivity contribution is 0.426. The van der Waals surface area contributed by atoms with Crippen LogP contribution in [0.3, 0.4) is 0 Å². The maximum Gasteiger partial charge on any atom is 0.490 e. The predicted molar refractivity (Wildman–Crippen MR) is 64.5 cm³/mol. The Bertz CT molecular complexity index is 551. The Labute approximate surface area is 103 Å². The molecule has 6 heteroatoms. The van der Waals surface area contributed by atoms with E-state index < -0.39 is 12.9 Å². The fourth-order valence-electron chi connectivity index (χ4n) is 1.53. The molecule has 1 heterocycles. The summed E-state index contributed by atoms with van der Waals surface area (Å²) in [6.45, 7) is 0. The number of benzene rings is 1. The van der Waals surface area contributed by atoms with Gasteiger partial charge in [0.25, 0.3) is 0 Å². The minimum Gasteiger partial charge on any atom is -0.423 e. The van der Waals surface area contributed by atoms with E-state index in [9.17, 15) is 14.4 Å². The smallest absolute Gasteiger partial charge is 0.423 e. The van der Waals surface area contributed by atoms with Crippen molar-refractivity contribution in [3.05, 3.63) is 47.4 Å². The van der Waals surface area contributed by atoms with Crippen molar-refractivity contribution < 1.29 is 14.4 Å². The quantitative estimate of drug-likeness (QED) is 0.789. The first-order valence-corrected chi connectivity index (χ1v) is 5.24. The SMILES string of the molecule is OB(O)c1cccnc1-c1cc(Cl)ccc1F. The summed E-state index contributed by atoms with van der Waals surface area (Å²) in [6, 6.07) is 7.03. The molecule has 0 bridgehead atoms. The Morgan fingerprint density at radius 3 is 2.71 bits per heavy atom. The second kappa shape index (κ2) is 4.83. The van der Waals surface area contributed by atoms with Gasteiger partial charge in [-0.15, -0.1) is 0 Å². The normalized spacial score (nSPS) is 10.4. The summed E-state index contributed by atoms with van der Waals surface area (Å²) in [5.41, 5.74) is 0.442. The molecule has 0 saturated carbocycles. The van der Waals surface area contributed by atoms with Crippen LogP contribution in [0.1, 0.15) is 0 Å². The zero-order chi connectivity index (χ0) is 12.4. The molecule has 2 rings (SSSR count). The molecule has 2 N–H and O–H groups in total. The van der Waals surface area contributed by atoms with Gasteiger partial charge in [-0.2, -0.15) is 0 Å². The number of nitrogens with zero attached hydrogens (tertiary/aromatic N) is 1. The van der Waals surface area contributed by atoms with Gasteiger partial charge < -0.3 is 10.0 Å². The zero-order valence-electron chi connectivity index (χ0n) is 8.64. The topological polar surface area (TPSA) is 53.4 Å². The first-order valence-electron chi connectivity index (χ1n) is 4.86. The van der Waals surface area contributed by atoms with E-state index in [2.05, 4.69) is 4.98 Å². The molecule has 0 atom stereocenters. The van der Waals surface area contributed by atoms with Crippen molar-refractivity contribution in [2.75, 3.05) is 0 Å². The van der Waals surface area contributed by atoms with E-state index in [-0.39, 0.29) is 16.7 Å². The van der Waals surface area contributed by atoms with Crippen LogP contribution in [-0.4, -0.2) is 22.2 Å². The molecule has 3 nitrogen and oxygen atoms in total. The molecular formula is C11H8BClFNO2. The van der Waals surface area contributed by atoms with Crippen LogP contribution in [0, 0.1) is 5.82 Å². The number of pyridine rings is 1. The zero-order valence-corrected chi connectivity index (χ0v) is 9.39. The molecule has 0 aliphatic rings. The van der Waals surface area contributed by atoms with Crippen LogP contribution in [0.4, 0.5) is 4.39 Å². The largest absolute Gasteiger partial charge is 0.490 e. The molecule has 17 heavy (non-hydrogen) atoms. The summed E-state index contributed by atoms with van der Waals surface area (Å²) in [5.74, 6) is -0.519. The third-order valence-electron chi connectivity index (χ3n) is 2.30. The lowest BCUT2D eigenvalue weighted by Gasteiger charge is -2.08. The Morgan fingerprint density at radius 1 is 1.24 bits per heavy atom. The molecule has 1 aromatic heterocycles. The molecular weight excluding hydrogens is 243 g/mol. The van der Waals surface area contributed by atoms with Gasteiger partial charge >= 0.3 is 7.12 Å². The van der Waals surface area contributed by atoms with Crippen LogP contribution in [0.15, 0.2) is 36.5 Å². The van der Waals surface area contributed by atoms with Crippen molar-refractivity contribution in [2.24, 2.45) is 0 Å². The van der Waals surface area contributed by atoms with Crippen molar-refractivity contribution in [3.63, 3.8) is 0 Å². The first kappa shape index (κ1) is 12.0. The molecule has 0 saturated heterocycles. The molecule has 0 radical (unpaired) electrons. The fourth-order valence-corrected chi connectivity index (χ4v) is 1.70. The van der Waals surface area contributed by atoms with Gasteiger partial charge in [0.15, 0.2) is 0 Å². The van der Waals surface area contributed by atoms with Gasteiger partial charge in [-0.3, -0.25) is 4.98 Å². The van der Waals surface area contributed by atoms with Crippen molar-refractivity contribution in [2.45, 2.75) is 0 Å². The highest BCUT2D eigenvalue weighted by Crippen LogP contribution is 2.23. The molecule has 0 spiro atoms. The second-order valence-corrected chi connectivity index (χ2v) is 3.88. The first-order chi connectivity index (χ1) is 8.09. The number of rotatable bonds is 2. The molecule has 86 valence electrons. The Kier molecular flexibility index (Phi) is 3.42. The number of aromatic nitrogens is 1. The summed E-state index contributed by atoms with van der Waals surface area (Å²) in [6.07, 6.45) is 1.45.